The number of pyridine rings is 1. The normalized spacial score (nSPS) is 26.0. The van der Waals surface area contributed by atoms with E-state index in [1.54, 1.807) is 12.1 Å². The number of ether oxygens (including phenoxy) is 1. The Hall–Kier alpha value is -2.79. The van der Waals surface area contributed by atoms with E-state index in [9.17, 15) is 9.18 Å². The van der Waals surface area contributed by atoms with E-state index in [-0.39, 0.29) is 23.8 Å². The second-order valence-electron chi connectivity index (χ2n) is 10.4. The number of benzene rings is 2. The first-order chi connectivity index (χ1) is 16.6. The Morgan fingerprint density at radius 2 is 1.82 bits per heavy atom. The van der Waals surface area contributed by atoms with Gasteiger partial charge >= 0.3 is 0 Å². The quantitative estimate of drug-likeness (QED) is 0.523. The highest BCUT2D eigenvalue weighted by molar-refractivity contribution is 5.89. The Bertz CT molecular complexity index is 1190. The molecule has 1 amide bonds. The molecule has 0 aliphatic carbocycles. The van der Waals surface area contributed by atoms with Gasteiger partial charge in [0.05, 0.1) is 5.41 Å². The lowest BCUT2D eigenvalue weighted by Gasteiger charge is -2.46. The van der Waals surface area contributed by atoms with Gasteiger partial charge in [-0.2, -0.15) is 0 Å². The standard InChI is InChI=1S/C29H31FN2O2/c30-25-3-1-2-24(18-25)29(9-12-34-13-10-29)28(33)32-26-6-7-27(32)17-21(16-26)14-20-4-5-22-8-11-31-19-23(22)15-20/h1-5,8,11,15,18-19,21,26-27H,6-7,9-10,12-14,16-17H2/t26-,27-/m0/s1. The molecule has 0 unspecified atom stereocenters. The minimum absolute atomic E-state index is 0.198. The van der Waals surface area contributed by atoms with Crippen molar-refractivity contribution in [3.63, 3.8) is 0 Å². The van der Waals surface area contributed by atoms with Crippen LogP contribution in [0.1, 0.15) is 49.7 Å². The highest BCUT2D eigenvalue weighted by atomic mass is 19.1. The molecule has 4 heterocycles. The molecule has 0 spiro atoms. The predicted octanol–water partition coefficient (Wildman–Crippen LogP) is 5.43. The molecule has 34 heavy (non-hydrogen) atoms. The van der Waals surface area contributed by atoms with Crippen LogP contribution in [-0.2, 0) is 21.4 Å². The molecule has 2 aromatic carbocycles. The van der Waals surface area contributed by atoms with E-state index < -0.39 is 5.41 Å². The summed E-state index contributed by atoms with van der Waals surface area (Å²) < 4.78 is 19.8. The zero-order chi connectivity index (χ0) is 23.1. The molecule has 0 saturated carbocycles. The largest absolute Gasteiger partial charge is 0.381 e. The maximum Gasteiger partial charge on any atom is 0.233 e. The summed E-state index contributed by atoms with van der Waals surface area (Å²) in [7, 11) is 0. The van der Waals surface area contributed by atoms with Crippen molar-refractivity contribution >= 4 is 16.7 Å². The van der Waals surface area contributed by atoms with Crippen LogP contribution in [0.4, 0.5) is 4.39 Å². The van der Waals surface area contributed by atoms with Crippen molar-refractivity contribution in [1.82, 2.24) is 9.88 Å². The number of hydrogen-bond acceptors (Lipinski definition) is 3. The number of rotatable bonds is 4. The van der Waals surface area contributed by atoms with Gasteiger partial charge in [0.2, 0.25) is 5.91 Å². The zero-order valence-corrected chi connectivity index (χ0v) is 19.5. The molecule has 176 valence electrons. The summed E-state index contributed by atoms with van der Waals surface area (Å²) in [6.45, 7) is 1.09. The Balaban J connectivity index is 1.23. The number of piperidine rings is 1. The summed E-state index contributed by atoms with van der Waals surface area (Å²) in [4.78, 5) is 20.7. The SMILES string of the molecule is O=C(N1[C@H]2CC[C@H]1CC(Cc1ccc3ccncc3c1)C2)C1(c2cccc(F)c2)CCOCC1. The van der Waals surface area contributed by atoms with Crippen LogP contribution in [0.15, 0.2) is 60.9 Å². The Morgan fingerprint density at radius 3 is 2.59 bits per heavy atom. The van der Waals surface area contributed by atoms with Crippen LogP contribution in [-0.4, -0.2) is 41.1 Å². The number of nitrogens with zero attached hydrogens (tertiary/aromatic N) is 2. The molecular weight excluding hydrogens is 427 g/mol. The third kappa shape index (κ3) is 3.80. The fourth-order valence-electron chi connectivity index (χ4n) is 6.76. The van der Waals surface area contributed by atoms with Crippen LogP contribution in [0.3, 0.4) is 0 Å². The second-order valence-corrected chi connectivity index (χ2v) is 10.4. The lowest BCUT2D eigenvalue weighted by atomic mass is 9.72. The lowest BCUT2D eigenvalue weighted by Crippen LogP contribution is -2.56. The van der Waals surface area contributed by atoms with Gasteiger partial charge in [-0.05, 0) is 91.6 Å². The molecule has 3 aliphatic heterocycles. The third-order valence-corrected chi connectivity index (χ3v) is 8.43. The van der Waals surface area contributed by atoms with Crippen LogP contribution in [0, 0.1) is 11.7 Å². The van der Waals surface area contributed by atoms with Crippen molar-refractivity contribution < 1.29 is 13.9 Å². The van der Waals surface area contributed by atoms with E-state index in [0.717, 1.165) is 37.7 Å². The minimum atomic E-state index is -0.667. The smallest absolute Gasteiger partial charge is 0.233 e. The van der Waals surface area contributed by atoms with E-state index >= 15 is 0 Å². The molecule has 6 rings (SSSR count). The van der Waals surface area contributed by atoms with Gasteiger partial charge in [0.25, 0.3) is 0 Å². The molecule has 3 fully saturated rings. The van der Waals surface area contributed by atoms with Gasteiger partial charge in [0.15, 0.2) is 0 Å². The molecule has 3 aliphatic rings. The predicted molar refractivity (Wildman–Crippen MR) is 130 cm³/mol. The molecule has 0 N–H and O–H groups in total. The molecule has 4 nitrogen and oxygen atoms in total. The minimum Gasteiger partial charge on any atom is -0.381 e. The number of carbonyl (C=O) groups is 1. The Kier molecular flexibility index (Phi) is 5.60. The topological polar surface area (TPSA) is 42.4 Å². The highest BCUT2D eigenvalue weighted by Gasteiger charge is 2.51. The summed E-state index contributed by atoms with van der Waals surface area (Å²) in [5.74, 6) is 0.503. The van der Waals surface area contributed by atoms with Crippen molar-refractivity contribution in [2.45, 2.75) is 62.4 Å². The van der Waals surface area contributed by atoms with Crippen molar-refractivity contribution in [2.75, 3.05) is 13.2 Å². The van der Waals surface area contributed by atoms with E-state index in [1.807, 2.05) is 24.5 Å². The van der Waals surface area contributed by atoms with Gasteiger partial charge in [-0.3, -0.25) is 9.78 Å². The molecule has 5 heteroatoms. The molecule has 1 aromatic heterocycles. The molecule has 3 saturated heterocycles. The van der Waals surface area contributed by atoms with Crippen LogP contribution >= 0.6 is 0 Å². The van der Waals surface area contributed by atoms with Crippen LogP contribution in [0.25, 0.3) is 10.8 Å². The number of carbonyl (C=O) groups excluding carboxylic acids is 1. The van der Waals surface area contributed by atoms with E-state index in [1.165, 1.54) is 22.4 Å². The number of amides is 1. The number of hydrogen-bond donors (Lipinski definition) is 0. The third-order valence-electron chi connectivity index (χ3n) is 8.43. The van der Waals surface area contributed by atoms with Crippen molar-refractivity contribution in [2.24, 2.45) is 5.92 Å². The highest BCUT2D eigenvalue weighted by Crippen LogP contribution is 2.45. The van der Waals surface area contributed by atoms with E-state index in [4.69, 9.17) is 4.74 Å². The summed E-state index contributed by atoms with van der Waals surface area (Å²) in [6.07, 6.45) is 10.3. The van der Waals surface area contributed by atoms with Crippen molar-refractivity contribution in [1.29, 1.82) is 0 Å². The first kappa shape index (κ1) is 21.7. The number of aromatic nitrogens is 1. The summed E-state index contributed by atoms with van der Waals surface area (Å²) in [6, 6.07) is 16.0. The van der Waals surface area contributed by atoms with Gasteiger partial charge in [0, 0.05) is 43.1 Å². The Labute approximate surface area is 200 Å². The summed E-state index contributed by atoms with van der Waals surface area (Å²) in [5.41, 5.74) is 1.50. The molecule has 2 bridgehead atoms. The monoisotopic (exact) mass is 458 g/mol. The van der Waals surface area contributed by atoms with Gasteiger partial charge in [-0.25, -0.2) is 4.39 Å². The van der Waals surface area contributed by atoms with Crippen LogP contribution in [0.2, 0.25) is 0 Å². The van der Waals surface area contributed by atoms with Gasteiger partial charge in [0.1, 0.15) is 5.82 Å². The number of fused-ring (bicyclic) bond motifs is 3. The number of halogens is 1. The van der Waals surface area contributed by atoms with E-state index in [0.29, 0.717) is 32.0 Å². The van der Waals surface area contributed by atoms with Gasteiger partial charge in [-0.15, -0.1) is 0 Å². The van der Waals surface area contributed by atoms with Crippen molar-refractivity contribution in [3.05, 3.63) is 77.9 Å². The average Bonchev–Trinajstić information content (AvgIpc) is 3.13. The van der Waals surface area contributed by atoms with Crippen LogP contribution in [0.5, 0.6) is 0 Å². The second kappa shape index (κ2) is 8.77. The van der Waals surface area contributed by atoms with Gasteiger partial charge in [-0.1, -0.05) is 24.3 Å². The molecule has 0 radical (unpaired) electrons. The summed E-state index contributed by atoms with van der Waals surface area (Å²) in [5, 5.41) is 2.41. The average molecular weight is 459 g/mol. The first-order valence-electron chi connectivity index (χ1n) is 12.6. The molecule has 3 aromatic rings. The van der Waals surface area contributed by atoms with Crippen molar-refractivity contribution in [3.8, 4) is 0 Å². The first-order valence-corrected chi connectivity index (χ1v) is 12.6. The molecule has 2 atom stereocenters. The maximum atomic E-state index is 14.2. The molecular formula is C29H31FN2O2. The van der Waals surface area contributed by atoms with Gasteiger partial charge < -0.3 is 9.64 Å². The van der Waals surface area contributed by atoms with E-state index in [2.05, 4.69) is 28.1 Å². The maximum absolute atomic E-state index is 14.2. The van der Waals surface area contributed by atoms with Crippen LogP contribution < -0.4 is 0 Å². The lowest BCUT2D eigenvalue weighted by molar-refractivity contribution is -0.146. The summed E-state index contributed by atoms with van der Waals surface area (Å²) >= 11 is 0. The fourth-order valence-corrected chi connectivity index (χ4v) is 6.76. The fraction of sp³-hybridized carbons (Fsp3) is 0.448. The Morgan fingerprint density at radius 1 is 1.03 bits per heavy atom. The zero-order valence-electron chi connectivity index (χ0n) is 19.5.